The third-order valence-corrected chi connectivity index (χ3v) is 5.78. The number of nitrogens with zero attached hydrogens (tertiary/aromatic N) is 6. The summed E-state index contributed by atoms with van der Waals surface area (Å²) in [6, 6.07) is 9.52. The Labute approximate surface area is 179 Å². The first-order valence-electron chi connectivity index (χ1n) is 10.5. The van der Waals surface area contributed by atoms with Gasteiger partial charge in [-0.25, -0.2) is 14.6 Å². The molecular weight excluding hydrogens is 390 g/mol. The molecule has 0 aliphatic heterocycles. The van der Waals surface area contributed by atoms with Crippen LogP contribution in [0.5, 0.6) is 0 Å². The molecule has 31 heavy (non-hydrogen) atoms. The standard InChI is InChI=1S/C23H23N7O/c1-15-26-21-14-25-12-10-19(21)23(27-15)28-17-4-6-18(7-5-17)30-22(31)9-8-20(29-30)16-3-2-11-24-13-16/h2-3,8-14,17-18H,4-7H2,1H3,(H,26,27,28). The summed E-state index contributed by atoms with van der Waals surface area (Å²) in [5.41, 5.74) is 2.46. The smallest absolute Gasteiger partial charge is 0.267 e. The Bertz CT molecular complexity index is 1260. The normalized spacial score (nSPS) is 18.7. The van der Waals surface area contributed by atoms with Gasteiger partial charge in [-0.05, 0) is 56.9 Å². The molecule has 5 rings (SSSR count). The molecule has 0 aromatic carbocycles. The van der Waals surface area contributed by atoms with E-state index in [2.05, 4.69) is 30.4 Å². The van der Waals surface area contributed by atoms with Gasteiger partial charge in [-0.2, -0.15) is 5.10 Å². The van der Waals surface area contributed by atoms with Gasteiger partial charge < -0.3 is 5.32 Å². The van der Waals surface area contributed by atoms with E-state index < -0.39 is 0 Å². The molecule has 0 radical (unpaired) electrons. The Morgan fingerprint density at radius 3 is 2.61 bits per heavy atom. The first-order valence-corrected chi connectivity index (χ1v) is 10.5. The number of aromatic nitrogens is 6. The van der Waals surface area contributed by atoms with Crippen molar-refractivity contribution in [3.05, 3.63) is 71.3 Å². The minimum absolute atomic E-state index is 0.0611. The average Bonchev–Trinajstić information content (AvgIpc) is 2.80. The summed E-state index contributed by atoms with van der Waals surface area (Å²) >= 11 is 0. The highest BCUT2D eigenvalue weighted by Gasteiger charge is 2.25. The maximum Gasteiger partial charge on any atom is 0.267 e. The Morgan fingerprint density at radius 2 is 1.81 bits per heavy atom. The van der Waals surface area contributed by atoms with Crippen LogP contribution in [-0.4, -0.2) is 35.8 Å². The maximum atomic E-state index is 12.5. The monoisotopic (exact) mass is 413 g/mol. The van der Waals surface area contributed by atoms with E-state index in [4.69, 9.17) is 0 Å². The van der Waals surface area contributed by atoms with E-state index in [0.717, 1.165) is 59.5 Å². The quantitative estimate of drug-likeness (QED) is 0.546. The molecule has 0 bridgehead atoms. The number of pyridine rings is 2. The molecule has 156 valence electrons. The second kappa shape index (κ2) is 8.22. The Hall–Kier alpha value is -3.68. The molecular formula is C23H23N7O. The summed E-state index contributed by atoms with van der Waals surface area (Å²) in [6.45, 7) is 1.89. The predicted octanol–water partition coefficient (Wildman–Crippen LogP) is 3.55. The third kappa shape index (κ3) is 4.01. The lowest BCUT2D eigenvalue weighted by Crippen LogP contribution is -2.33. The van der Waals surface area contributed by atoms with Gasteiger partial charge >= 0.3 is 0 Å². The van der Waals surface area contributed by atoms with Crippen LogP contribution in [0.2, 0.25) is 0 Å². The molecule has 4 heterocycles. The maximum absolute atomic E-state index is 12.5. The van der Waals surface area contributed by atoms with E-state index in [1.54, 1.807) is 41.6 Å². The van der Waals surface area contributed by atoms with E-state index in [1.165, 1.54) is 0 Å². The molecule has 1 N–H and O–H groups in total. The molecule has 4 aromatic rings. The molecule has 1 aliphatic carbocycles. The summed E-state index contributed by atoms with van der Waals surface area (Å²) in [4.78, 5) is 29.9. The molecule has 1 saturated carbocycles. The summed E-state index contributed by atoms with van der Waals surface area (Å²) in [5.74, 6) is 1.57. The van der Waals surface area contributed by atoms with Crippen LogP contribution in [-0.2, 0) is 0 Å². The van der Waals surface area contributed by atoms with Crippen molar-refractivity contribution in [2.45, 2.75) is 44.7 Å². The molecule has 8 heteroatoms. The molecule has 0 amide bonds. The molecule has 0 saturated heterocycles. The lowest BCUT2D eigenvalue weighted by atomic mass is 9.91. The fourth-order valence-electron chi connectivity index (χ4n) is 4.22. The van der Waals surface area contributed by atoms with E-state index in [1.807, 2.05) is 25.1 Å². The SMILES string of the molecule is Cc1nc(NC2CCC(n3nc(-c4cccnc4)ccc3=O)CC2)c2ccncc2n1. The molecule has 0 unspecified atom stereocenters. The van der Waals surface area contributed by atoms with Crippen molar-refractivity contribution < 1.29 is 0 Å². The summed E-state index contributed by atoms with van der Waals surface area (Å²) in [5, 5.41) is 9.21. The van der Waals surface area contributed by atoms with Crippen LogP contribution in [0.4, 0.5) is 5.82 Å². The lowest BCUT2D eigenvalue weighted by molar-refractivity contribution is 0.304. The van der Waals surface area contributed by atoms with Crippen molar-refractivity contribution in [3.63, 3.8) is 0 Å². The summed E-state index contributed by atoms with van der Waals surface area (Å²) in [6.07, 6.45) is 10.6. The van der Waals surface area contributed by atoms with Gasteiger partial charge in [-0.15, -0.1) is 0 Å². The third-order valence-electron chi connectivity index (χ3n) is 5.78. The summed E-state index contributed by atoms with van der Waals surface area (Å²) < 4.78 is 1.65. The largest absolute Gasteiger partial charge is 0.367 e. The molecule has 0 atom stereocenters. The number of aryl methyl sites for hydroxylation is 1. The highest BCUT2D eigenvalue weighted by atomic mass is 16.1. The van der Waals surface area contributed by atoms with Crippen molar-refractivity contribution in [2.24, 2.45) is 0 Å². The van der Waals surface area contributed by atoms with E-state index in [-0.39, 0.29) is 11.6 Å². The van der Waals surface area contributed by atoms with Gasteiger partial charge in [0.25, 0.3) is 5.56 Å². The second-order valence-electron chi connectivity index (χ2n) is 7.91. The first-order chi connectivity index (χ1) is 15.2. The van der Waals surface area contributed by atoms with E-state index in [9.17, 15) is 4.79 Å². The van der Waals surface area contributed by atoms with Crippen LogP contribution in [0.3, 0.4) is 0 Å². The Kier molecular flexibility index (Phi) is 5.11. The zero-order valence-corrected chi connectivity index (χ0v) is 17.3. The van der Waals surface area contributed by atoms with Gasteiger partial charge in [0.05, 0.1) is 23.4 Å². The molecule has 1 aliphatic rings. The highest BCUT2D eigenvalue weighted by Crippen LogP contribution is 2.30. The fraction of sp³-hybridized carbons (Fsp3) is 0.304. The van der Waals surface area contributed by atoms with Gasteiger partial charge in [-0.1, -0.05) is 0 Å². The van der Waals surface area contributed by atoms with Crippen molar-refractivity contribution in [1.29, 1.82) is 0 Å². The number of fused-ring (bicyclic) bond motifs is 1. The van der Waals surface area contributed by atoms with Crippen LogP contribution in [0.15, 0.2) is 59.9 Å². The summed E-state index contributed by atoms with van der Waals surface area (Å²) in [7, 11) is 0. The average molecular weight is 413 g/mol. The second-order valence-corrected chi connectivity index (χ2v) is 7.91. The van der Waals surface area contributed by atoms with Gasteiger partial charge in [-0.3, -0.25) is 14.8 Å². The number of nitrogens with one attached hydrogen (secondary N) is 1. The van der Waals surface area contributed by atoms with Crippen LogP contribution in [0.1, 0.15) is 37.5 Å². The molecule has 0 spiro atoms. The highest BCUT2D eigenvalue weighted by molar-refractivity contribution is 5.88. The lowest BCUT2D eigenvalue weighted by Gasteiger charge is -2.30. The number of hydrogen-bond acceptors (Lipinski definition) is 7. The van der Waals surface area contributed by atoms with Gasteiger partial charge in [0.15, 0.2) is 0 Å². The van der Waals surface area contributed by atoms with Crippen LogP contribution in [0, 0.1) is 6.92 Å². The van der Waals surface area contributed by atoms with Crippen LogP contribution >= 0.6 is 0 Å². The number of rotatable bonds is 4. The minimum Gasteiger partial charge on any atom is -0.367 e. The Balaban J connectivity index is 1.32. The van der Waals surface area contributed by atoms with Crippen molar-refractivity contribution in [3.8, 4) is 11.3 Å². The van der Waals surface area contributed by atoms with Crippen molar-refractivity contribution >= 4 is 16.7 Å². The van der Waals surface area contributed by atoms with Gasteiger partial charge in [0.2, 0.25) is 0 Å². The molecule has 1 fully saturated rings. The Morgan fingerprint density at radius 1 is 0.968 bits per heavy atom. The fourth-order valence-corrected chi connectivity index (χ4v) is 4.22. The predicted molar refractivity (Wildman–Crippen MR) is 119 cm³/mol. The molecule has 4 aromatic heterocycles. The topological polar surface area (TPSA) is 98.5 Å². The van der Waals surface area contributed by atoms with Crippen molar-refractivity contribution in [1.82, 2.24) is 29.7 Å². The molecule has 8 nitrogen and oxygen atoms in total. The first kappa shape index (κ1) is 19.3. The van der Waals surface area contributed by atoms with Crippen LogP contribution in [0.25, 0.3) is 22.2 Å². The minimum atomic E-state index is -0.0611. The van der Waals surface area contributed by atoms with E-state index >= 15 is 0 Å². The number of hydrogen-bond donors (Lipinski definition) is 1. The number of anilines is 1. The zero-order valence-electron chi connectivity index (χ0n) is 17.3. The van der Waals surface area contributed by atoms with E-state index in [0.29, 0.717) is 6.04 Å². The zero-order chi connectivity index (χ0) is 21.2. The van der Waals surface area contributed by atoms with Gasteiger partial charge in [0.1, 0.15) is 11.6 Å². The van der Waals surface area contributed by atoms with Crippen LogP contribution < -0.4 is 10.9 Å². The van der Waals surface area contributed by atoms with Crippen molar-refractivity contribution in [2.75, 3.05) is 5.32 Å². The van der Waals surface area contributed by atoms with Gasteiger partial charge in [0, 0.05) is 41.6 Å².